The van der Waals surface area contributed by atoms with Crippen LogP contribution in [0, 0.1) is 0 Å². The summed E-state index contributed by atoms with van der Waals surface area (Å²) in [6.45, 7) is 2.23. The largest absolute Gasteiger partial charge is 0.379 e. The van der Waals surface area contributed by atoms with E-state index in [0.717, 1.165) is 10.6 Å². The Labute approximate surface area is 158 Å². The Balaban J connectivity index is 1.49. The molecule has 1 aliphatic heterocycles. The van der Waals surface area contributed by atoms with Crippen molar-refractivity contribution < 1.29 is 14.4 Å². The highest BCUT2D eigenvalue weighted by Crippen LogP contribution is 2.21. The molecule has 0 aliphatic carbocycles. The molecule has 3 rings (SSSR count). The van der Waals surface area contributed by atoms with Gasteiger partial charge in [0.2, 0.25) is 17.7 Å². The minimum atomic E-state index is -0.221. The predicted molar refractivity (Wildman–Crippen MR) is 104 cm³/mol. The van der Waals surface area contributed by atoms with Gasteiger partial charge in [0, 0.05) is 43.2 Å². The number of amides is 3. The SMILES string of the molecule is C[C@@H](Nc1ccc(NC(=O)CCN2C(=O)CCC2=O)cc1)c1ccccc1. The second kappa shape index (κ2) is 8.49. The van der Waals surface area contributed by atoms with Gasteiger partial charge in [0.15, 0.2) is 0 Å². The highest BCUT2D eigenvalue weighted by molar-refractivity contribution is 6.02. The zero-order valence-corrected chi connectivity index (χ0v) is 15.3. The quantitative estimate of drug-likeness (QED) is 0.738. The van der Waals surface area contributed by atoms with Crippen molar-refractivity contribution in [3.8, 4) is 0 Å². The molecule has 1 aliphatic rings. The molecule has 6 heteroatoms. The van der Waals surface area contributed by atoms with Crippen molar-refractivity contribution in [2.24, 2.45) is 0 Å². The van der Waals surface area contributed by atoms with Crippen LogP contribution in [0.3, 0.4) is 0 Å². The van der Waals surface area contributed by atoms with Gasteiger partial charge in [-0.15, -0.1) is 0 Å². The fourth-order valence-electron chi connectivity index (χ4n) is 3.03. The molecule has 1 atom stereocenters. The van der Waals surface area contributed by atoms with Crippen LogP contribution in [0.1, 0.15) is 37.8 Å². The minimum absolute atomic E-state index is 0.0997. The molecule has 3 amide bonds. The third-order valence-electron chi connectivity index (χ3n) is 4.57. The Morgan fingerprint density at radius 2 is 1.56 bits per heavy atom. The van der Waals surface area contributed by atoms with E-state index in [1.807, 2.05) is 42.5 Å². The van der Waals surface area contributed by atoms with Gasteiger partial charge in [-0.1, -0.05) is 30.3 Å². The van der Waals surface area contributed by atoms with Crippen molar-refractivity contribution in [2.45, 2.75) is 32.2 Å². The molecule has 2 aromatic rings. The van der Waals surface area contributed by atoms with Crippen molar-refractivity contribution >= 4 is 29.1 Å². The first kappa shape index (κ1) is 18.6. The fraction of sp³-hybridized carbons (Fsp3) is 0.286. The number of anilines is 2. The maximum Gasteiger partial charge on any atom is 0.229 e. The lowest BCUT2D eigenvalue weighted by Gasteiger charge is -2.16. The molecule has 2 N–H and O–H groups in total. The molecule has 1 heterocycles. The van der Waals surface area contributed by atoms with Crippen LogP contribution in [0.25, 0.3) is 0 Å². The van der Waals surface area contributed by atoms with Crippen LogP contribution in [0.15, 0.2) is 54.6 Å². The maximum absolute atomic E-state index is 12.1. The van der Waals surface area contributed by atoms with E-state index in [1.165, 1.54) is 5.56 Å². The first-order valence-corrected chi connectivity index (χ1v) is 9.07. The summed E-state index contributed by atoms with van der Waals surface area (Å²) in [6.07, 6.45) is 0.592. The molecule has 2 aromatic carbocycles. The summed E-state index contributed by atoms with van der Waals surface area (Å²) in [4.78, 5) is 36.3. The molecule has 0 radical (unpaired) electrons. The summed E-state index contributed by atoms with van der Waals surface area (Å²) < 4.78 is 0. The summed E-state index contributed by atoms with van der Waals surface area (Å²) in [5.41, 5.74) is 2.83. The van der Waals surface area contributed by atoms with E-state index in [4.69, 9.17) is 0 Å². The van der Waals surface area contributed by atoms with Crippen molar-refractivity contribution in [3.63, 3.8) is 0 Å². The Kier molecular flexibility index (Phi) is 5.86. The van der Waals surface area contributed by atoms with E-state index in [-0.39, 0.29) is 49.6 Å². The van der Waals surface area contributed by atoms with Crippen LogP contribution in [0.4, 0.5) is 11.4 Å². The molecule has 27 heavy (non-hydrogen) atoms. The number of nitrogens with one attached hydrogen (secondary N) is 2. The highest BCUT2D eigenvalue weighted by atomic mass is 16.2. The lowest BCUT2D eigenvalue weighted by molar-refractivity contribution is -0.138. The first-order valence-electron chi connectivity index (χ1n) is 9.07. The van der Waals surface area contributed by atoms with E-state index in [2.05, 4.69) is 29.7 Å². The van der Waals surface area contributed by atoms with Crippen LogP contribution in [-0.2, 0) is 14.4 Å². The predicted octanol–water partition coefficient (Wildman–Crippen LogP) is 3.34. The lowest BCUT2D eigenvalue weighted by Crippen LogP contribution is -2.32. The molecular weight excluding hydrogens is 342 g/mol. The van der Waals surface area contributed by atoms with Gasteiger partial charge in [-0.05, 0) is 36.8 Å². The average molecular weight is 365 g/mol. The second-order valence-corrected chi connectivity index (χ2v) is 6.59. The van der Waals surface area contributed by atoms with Crippen LogP contribution in [0.5, 0.6) is 0 Å². The molecule has 0 spiro atoms. The molecule has 1 fully saturated rings. The molecule has 140 valence electrons. The van der Waals surface area contributed by atoms with Gasteiger partial charge in [-0.25, -0.2) is 0 Å². The van der Waals surface area contributed by atoms with Crippen molar-refractivity contribution in [3.05, 3.63) is 60.2 Å². The van der Waals surface area contributed by atoms with Crippen LogP contribution in [0.2, 0.25) is 0 Å². The van der Waals surface area contributed by atoms with Gasteiger partial charge < -0.3 is 10.6 Å². The summed E-state index contributed by atoms with van der Waals surface area (Å²) in [7, 11) is 0. The van der Waals surface area contributed by atoms with Crippen LogP contribution >= 0.6 is 0 Å². The molecule has 0 unspecified atom stereocenters. The number of likely N-dealkylation sites (tertiary alicyclic amines) is 1. The van der Waals surface area contributed by atoms with Crippen molar-refractivity contribution in [2.75, 3.05) is 17.2 Å². The second-order valence-electron chi connectivity index (χ2n) is 6.59. The zero-order chi connectivity index (χ0) is 19.2. The monoisotopic (exact) mass is 365 g/mol. The minimum Gasteiger partial charge on any atom is -0.379 e. The smallest absolute Gasteiger partial charge is 0.229 e. The topological polar surface area (TPSA) is 78.5 Å². The summed E-state index contributed by atoms with van der Waals surface area (Å²) >= 11 is 0. The molecular formula is C21H23N3O3. The normalized spacial score (nSPS) is 14.9. The Morgan fingerprint density at radius 3 is 2.19 bits per heavy atom. The number of hydrogen-bond donors (Lipinski definition) is 2. The van der Waals surface area contributed by atoms with Gasteiger partial charge in [0.1, 0.15) is 0 Å². The average Bonchev–Trinajstić information content (AvgIpc) is 3.00. The van der Waals surface area contributed by atoms with Gasteiger partial charge in [-0.3, -0.25) is 19.3 Å². The molecule has 6 nitrogen and oxygen atoms in total. The highest BCUT2D eigenvalue weighted by Gasteiger charge is 2.28. The number of rotatable bonds is 7. The lowest BCUT2D eigenvalue weighted by atomic mass is 10.1. The molecule has 0 saturated carbocycles. The van der Waals surface area contributed by atoms with Gasteiger partial charge in [-0.2, -0.15) is 0 Å². The summed E-state index contributed by atoms with van der Waals surface area (Å²) in [6, 6.07) is 17.8. The van der Waals surface area contributed by atoms with E-state index in [0.29, 0.717) is 5.69 Å². The maximum atomic E-state index is 12.1. The Morgan fingerprint density at radius 1 is 0.963 bits per heavy atom. The number of carbonyl (C=O) groups is 3. The molecule has 0 aromatic heterocycles. The summed E-state index contributed by atoms with van der Waals surface area (Å²) in [5.74, 6) is -0.618. The van der Waals surface area contributed by atoms with Crippen LogP contribution in [-0.4, -0.2) is 29.2 Å². The standard InChI is InChI=1S/C21H23N3O3/c1-15(16-5-3-2-4-6-16)22-17-7-9-18(10-8-17)23-19(25)13-14-24-20(26)11-12-21(24)27/h2-10,15,22H,11-14H2,1H3,(H,23,25)/t15-/m1/s1. The Bertz CT molecular complexity index is 802. The number of imide groups is 1. The van der Waals surface area contributed by atoms with E-state index in [9.17, 15) is 14.4 Å². The van der Waals surface area contributed by atoms with E-state index < -0.39 is 0 Å². The summed E-state index contributed by atoms with van der Waals surface area (Å²) in [5, 5.41) is 6.21. The fourth-order valence-corrected chi connectivity index (χ4v) is 3.03. The van der Waals surface area contributed by atoms with Crippen LogP contribution < -0.4 is 10.6 Å². The molecule has 0 bridgehead atoms. The van der Waals surface area contributed by atoms with Gasteiger partial charge in [0.05, 0.1) is 0 Å². The number of carbonyl (C=O) groups excluding carboxylic acids is 3. The third-order valence-corrected chi connectivity index (χ3v) is 4.57. The first-order chi connectivity index (χ1) is 13.0. The number of hydrogen-bond acceptors (Lipinski definition) is 4. The van der Waals surface area contributed by atoms with E-state index in [1.54, 1.807) is 0 Å². The number of nitrogens with zero attached hydrogens (tertiary/aromatic N) is 1. The van der Waals surface area contributed by atoms with Gasteiger partial charge in [0.25, 0.3) is 0 Å². The van der Waals surface area contributed by atoms with Gasteiger partial charge >= 0.3 is 0 Å². The van der Waals surface area contributed by atoms with E-state index >= 15 is 0 Å². The van der Waals surface area contributed by atoms with Crippen molar-refractivity contribution in [1.82, 2.24) is 4.90 Å². The third kappa shape index (κ3) is 4.94. The van der Waals surface area contributed by atoms with Crippen molar-refractivity contribution in [1.29, 1.82) is 0 Å². The molecule has 1 saturated heterocycles. The Hall–Kier alpha value is -3.15. The number of benzene rings is 2. The zero-order valence-electron chi connectivity index (χ0n) is 15.3.